The van der Waals surface area contributed by atoms with E-state index in [0.29, 0.717) is 24.0 Å². The van der Waals surface area contributed by atoms with Crippen molar-refractivity contribution in [2.45, 2.75) is 13.8 Å². The fourth-order valence-electron chi connectivity index (χ4n) is 1.71. The molecule has 1 N–H and O–H groups in total. The first-order valence-electron chi connectivity index (χ1n) is 6.37. The first kappa shape index (κ1) is 13.9. The highest BCUT2D eigenvalue weighted by Crippen LogP contribution is 2.26. The second-order valence-corrected chi connectivity index (χ2v) is 4.83. The van der Waals surface area contributed by atoms with Crippen LogP contribution in [-0.4, -0.2) is 21.4 Å². The molecule has 0 spiro atoms. The third-order valence-electron chi connectivity index (χ3n) is 2.72. The maximum absolute atomic E-state index is 11.0. The second-order valence-electron chi connectivity index (χ2n) is 4.83. The highest BCUT2D eigenvalue weighted by atomic mass is 16.6. The van der Waals surface area contributed by atoms with Gasteiger partial charge in [0.1, 0.15) is 0 Å². The molecule has 0 bridgehead atoms. The van der Waals surface area contributed by atoms with Crippen molar-refractivity contribution in [1.82, 2.24) is 9.97 Å². The van der Waals surface area contributed by atoms with Gasteiger partial charge in [-0.15, -0.1) is 0 Å². The molecule has 0 aromatic carbocycles. The van der Waals surface area contributed by atoms with Gasteiger partial charge in [-0.25, -0.2) is 4.98 Å². The summed E-state index contributed by atoms with van der Waals surface area (Å²) in [6.45, 7) is 4.70. The van der Waals surface area contributed by atoms with Crippen LogP contribution in [0.2, 0.25) is 0 Å². The molecule has 0 fully saturated rings. The minimum Gasteiger partial charge on any atom is -0.364 e. The third-order valence-corrected chi connectivity index (χ3v) is 2.72. The number of hydrogen-bond donors (Lipinski definition) is 1. The van der Waals surface area contributed by atoms with Gasteiger partial charge in [-0.2, -0.15) is 0 Å². The number of nitrogens with one attached hydrogen (secondary N) is 1. The summed E-state index contributed by atoms with van der Waals surface area (Å²) in [7, 11) is 0. The predicted molar refractivity (Wildman–Crippen MR) is 77.5 cm³/mol. The van der Waals surface area contributed by atoms with Crippen molar-refractivity contribution in [3.05, 3.63) is 46.8 Å². The van der Waals surface area contributed by atoms with E-state index in [1.807, 2.05) is 26.0 Å². The van der Waals surface area contributed by atoms with Crippen LogP contribution in [0.15, 0.2) is 36.7 Å². The molecule has 2 aromatic heterocycles. The van der Waals surface area contributed by atoms with E-state index in [1.54, 1.807) is 18.5 Å². The Bertz CT molecular complexity index is 599. The lowest BCUT2D eigenvalue weighted by atomic mass is 10.1. The normalized spacial score (nSPS) is 10.6. The van der Waals surface area contributed by atoms with Crippen LogP contribution in [0.3, 0.4) is 0 Å². The standard InChI is InChI=1S/C14H16N4O2/c1-10(2)9-16-14-13(18(19)20)4-3-12(17-14)11-5-7-15-8-6-11/h3-8,10H,9H2,1-2H3,(H,16,17). The average Bonchev–Trinajstić information content (AvgIpc) is 2.45. The number of aromatic nitrogens is 2. The smallest absolute Gasteiger partial charge is 0.311 e. The fraction of sp³-hybridized carbons (Fsp3) is 0.286. The van der Waals surface area contributed by atoms with Gasteiger partial charge in [-0.05, 0) is 24.1 Å². The first-order chi connectivity index (χ1) is 9.58. The molecule has 0 saturated carbocycles. The molecule has 104 valence electrons. The molecule has 0 aliphatic carbocycles. The summed E-state index contributed by atoms with van der Waals surface area (Å²) in [6, 6.07) is 6.76. The van der Waals surface area contributed by atoms with E-state index in [9.17, 15) is 10.1 Å². The molecular formula is C14H16N4O2. The molecule has 2 aromatic rings. The lowest BCUT2D eigenvalue weighted by Crippen LogP contribution is -2.11. The SMILES string of the molecule is CC(C)CNc1nc(-c2ccncc2)ccc1[N+](=O)[O-]. The minimum atomic E-state index is -0.425. The largest absolute Gasteiger partial charge is 0.364 e. The van der Waals surface area contributed by atoms with Crippen LogP contribution in [0.5, 0.6) is 0 Å². The van der Waals surface area contributed by atoms with Crippen LogP contribution in [0, 0.1) is 16.0 Å². The summed E-state index contributed by atoms with van der Waals surface area (Å²) >= 11 is 0. The molecule has 0 radical (unpaired) electrons. The van der Waals surface area contributed by atoms with Gasteiger partial charge >= 0.3 is 5.69 Å². The Labute approximate surface area is 117 Å². The van der Waals surface area contributed by atoms with E-state index in [2.05, 4.69) is 15.3 Å². The number of nitro groups is 1. The van der Waals surface area contributed by atoms with Gasteiger partial charge in [-0.3, -0.25) is 15.1 Å². The van der Waals surface area contributed by atoms with Crippen LogP contribution < -0.4 is 5.32 Å². The predicted octanol–water partition coefficient (Wildman–Crippen LogP) is 3.12. The van der Waals surface area contributed by atoms with Gasteiger partial charge in [0, 0.05) is 30.6 Å². The molecule has 2 rings (SSSR count). The maximum atomic E-state index is 11.0. The topological polar surface area (TPSA) is 81.0 Å². The van der Waals surface area contributed by atoms with Gasteiger partial charge in [0.05, 0.1) is 10.6 Å². The summed E-state index contributed by atoms with van der Waals surface area (Å²) in [5, 5.41) is 14.1. The highest BCUT2D eigenvalue weighted by molar-refractivity contribution is 5.66. The molecule has 0 unspecified atom stereocenters. The van der Waals surface area contributed by atoms with Crippen molar-refractivity contribution < 1.29 is 4.92 Å². The molecule has 0 aliphatic heterocycles. The molecule has 20 heavy (non-hydrogen) atoms. The second kappa shape index (κ2) is 6.10. The van der Waals surface area contributed by atoms with Crippen molar-refractivity contribution >= 4 is 11.5 Å². The van der Waals surface area contributed by atoms with E-state index in [0.717, 1.165) is 5.56 Å². The van der Waals surface area contributed by atoms with E-state index >= 15 is 0 Å². The summed E-state index contributed by atoms with van der Waals surface area (Å²) in [6.07, 6.45) is 3.33. The molecule has 0 amide bonds. The first-order valence-corrected chi connectivity index (χ1v) is 6.37. The van der Waals surface area contributed by atoms with Gasteiger partial charge in [0.15, 0.2) is 0 Å². The Morgan fingerprint density at radius 2 is 1.95 bits per heavy atom. The van der Waals surface area contributed by atoms with Crippen molar-refractivity contribution in [2.24, 2.45) is 5.92 Å². The zero-order valence-corrected chi connectivity index (χ0v) is 11.4. The summed E-state index contributed by atoms with van der Waals surface area (Å²) < 4.78 is 0. The van der Waals surface area contributed by atoms with E-state index in [-0.39, 0.29) is 5.69 Å². The van der Waals surface area contributed by atoms with Gasteiger partial charge in [-0.1, -0.05) is 13.8 Å². The molecular weight excluding hydrogens is 256 g/mol. The Hall–Kier alpha value is -2.50. The summed E-state index contributed by atoms with van der Waals surface area (Å²) in [4.78, 5) is 18.9. The van der Waals surface area contributed by atoms with E-state index in [1.165, 1.54) is 6.07 Å². The Balaban J connectivity index is 2.37. The molecule has 6 heteroatoms. The fourth-order valence-corrected chi connectivity index (χ4v) is 1.71. The van der Waals surface area contributed by atoms with Crippen LogP contribution in [0.4, 0.5) is 11.5 Å². The quantitative estimate of drug-likeness (QED) is 0.668. The Morgan fingerprint density at radius 1 is 1.25 bits per heavy atom. The molecule has 0 aliphatic rings. The summed E-state index contributed by atoms with van der Waals surface area (Å²) in [5.74, 6) is 0.680. The van der Waals surface area contributed by atoms with Gasteiger partial charge < -0.3 is 5.32 Å². The van der Waals surface area contributed by atoms with Gasteiger partial charge in [0.25, 0.3) is 0 Å². The van der Waals surface area contributed by atoms with Crippen molar-refractivity contribution in [2.75, 3.05) is 11.9 Å². The minimum absolute atomic E-state index is 0.0107. The number of nitrogens with zero attached hydrogens (tertiary/aromatic N) is 3. The molecule has 0 atom stereocenters. The van der Waals surface area contributed by atoms with Crippen LogP contribution in [0.1, 0.15) is 13.8 Å². The van der Waals surface area contributed by atoms with Crippen molar-refractivity contribution in [1.29, 1.82) is 0 Å². The van der Waals surface area contributed by atoms with Crippen LogP contribution in [-0.2, 0) is 0 Å². The monoisotopic (exact) mass is 272 g/mol. The zero-order valence-electron chi connectivity index (χ0n) is 11.4. The van der Waals surface area contributed by atoms with Crippen LogP contribution >= 0.6 is 0 Å². The van der Waals surface area contributed by atoms with Crippen molar-refractivity contribution in [3.8, 4) is 11.3 Å². The lowest BCUT2D eigenvalue weighted by molar-refractivity contribution is -0.384. The van der Waals surface area contributed by atoms with Crippen molar-refractivity contribution in [3.63, 3.8) is 0 Å². The Morgan fingerprint density at radius 3 is 2.55 bits per heavy atom. The molecule has 6 nitrogen and oxygen atoms in total. The number of hydrogen-bond acceptors (Lipinski definition) is 5. The molecule has 2 heterocycles. The summed E-state index contributed by atoms with van der Waals surface area (Å²) in [5.41, 5.74) is 1.55. The van der Waals surface area contributed by atoms with Crippen LogP contribution in [0.25, 0.3) is 11.3 Å². The Kier molecular flexibility index (Phi) is 4.24. The lowest BCUT2D eigenvalue weighted by Gasteiger charge is -2.10. The third kappa shape index (κ3) is 3.28. The number of pyridine rings is 2. The average molecular weight is 272 g/mol. The maximum Gasteiger partial charge on any atom is 0.311 e. The molecule has 0 saturated heterocycles. The van der Waals surface area contributed by atoms with E-state index < -0.39 is 4.92 Å². The number of anilines is 1. The highest BCUT2D eigenvalue weighted by Gasteiger charge is 2.16. The zero-order chi connectivity index (χ0) is 14.5. The van der Waals surface area contributed by atoms with Gasteiger partial charge in [0.2, 0.25) is 5.82 Å². The number of rotatable bonds is 5. The van der Waals surface area contributed by atoms with E-state index in [4.69, 9.17) is 0 Å².